The number of halogens is 1. The molecular formula is C7H19ClNO3P. The van der Waals surface area contributed by atoms with Crippen LogP contribution in [0.1, 0.15) is 27.7 Å². The molecule has 82 valence electrons. The summed E-state index contributed by atoms with van der Waals surface area (Å²) in [5.41, 5.74) is 0. The van der Waals surface area contributed by atoms with Crippen LogP contribution in [0.3, 0.4) is 0 Å². The monoisotopic (exact) mass is 231 g/mol. The Bertz CT molecular complexity index is 170. The predicted octanol–water partition coefficient (Wildman–Crippen LogP) is 2.10. The maximum atomic E-state index is 9.74. The molecule has 0 fully saturated rings. The summed E-state index contributed by atoms with van der Waals surface area (Å²) in [5, 5.41) is 0. The second-order valence-electron chi connectivity index (χ2n) is 3.56. The van der Waals surface area contributed by atoms with Gasteiger partial charge in [-0.05, 0) is 0 Å². The SMILES string of the molecule is COP(O)(O)(Cl)N(C(C)C)C(C)C. The first kappa shape index (κ1) is 13.6. The molecule has 0 aliphatic carbocycles. The van der Waals surface area contributed by atoms with Gasteiger partial charge in [0.05, 0.1) is 0 Å². The van der Waals surface area contributed by atoms with Gasteiger partial charge in [-0.15, -0.1) is 0 Å². The number of hydrogen-bond acceptors (Lipinski definition) is 4. The second kappa shape index (κ2) is 3.97. The van der Waals surface area contributed by atoms with E-state index < -0.39 is 6.79 Å². The van der Waals surface area contributed by atoms with Gasteiger partial charge in [0.2, 0.25) is 0 Å². The van der Waals surface area contributed by atoms with Gasteiger partial charge < -0.3 is 0 Å². The Morgan fingerprint density at radius 1 is 1.15 bits per heavy atom. The molecule has 0 aromatic carbocycles. The fraction of sp³-hybridized carbons (Fsp3) is 1.00. The van der Waals surface area contributed by atoms with E-state index in [0.29, 0.717) is 0 Å². The molecule has 0 atom stereocenters. The van der Waals surface area contributed by atoms with Gasteiger partial charge in [-0.2, -0.15) is 0 Å². The summed E-state index contributed by atoms with van der Waals surface area (Å²) in [6.45, 7) is 2.72. The van der Waals surface area contributed by atoms with Gasteiger partial charge in [-0.3, -0.25) is 0 Å². The van der Waals surface area contributed by atoms with Crippen molar-refractivity contribution in [1.82, 2.24) is 4.67 Å². The van der Waals surface area contributed by atoms with Crippen molar-refractivity contribution in [2.45, 2.75) is 39.8 Å². The molecule has 0 bridgehead atoms. The van der Waals surface area contributed by atoms with E-state index in [9.17, 15) is 9.79 Å². The summed E-state index contributed by atoms with van der Waals surface area (Å²) in [5.74, 6) is 0. The molecule has 0 unspecified atom stereocenters. The quantitative estimate of drug-likeness (QED) is 0.728. The molecule has 0 aromatic rings. The van der Waals surface area contributed by atoms with Gasteiger partial charge in [0.25, 0.3) is 0 Å². The summed E-state index contributed by atoms with van der Waals surface area (Å²) in [6.07, 6.45) is 0. The van der Waals surface area contributed by atoms with Crippen LogP contribution < -0.4 is 0 Å². The molecule has 0 saturated carbocycles. The van der Waals surface area contributed by atoms with Gasteiger partial charge in [-0.25, -0.2) is 0 Å². The third-order valence-electron chi connectivity index (χ3n) is 1.76. The predicted molar refractivity (Wildman–Crippen MR) is 56.3 cm³/mol. The standard InChI is InChI=1S/C7H19ClNO3P/c1-6(2)9(7(3)4)13(8,10,11)12-5/h6-7,10-11H,1-5H3. The van der Waals surface area contributed by atoms with Crippen molar-refractivity contribution in [3.05, 3.63) is 0 Å². The van der Waals surface area contributed by atoms with Crippen molar-refractivity contribution in [1.29, 1.82) is 0 Å². The molecule has 2 N–H and O–H groups in total. The average Bonchev–Trinajstić information content (AvgIpc) is 1.83. The van der Waals surface area contributed by atoms with E-state index in [1.165, 1.54) is 11.8 Å². The van der Waals surface area contributed by atoms with Gasteiger partial charge >= 0.3 is 83.9 Å². The Labute approximate surface area is 84.5 Å². The van der Waals surface area contributed by atoms with Crippen molar-refractivity contribution in [2.75, 3.05) is 7.11 Å². The number of hydrogen-bond donors (Lipinski definition) is 2. The van der Waals surface area contributed by atoms with Crippen LogP contribution in [0.25, 0.3) is 0 Å². The molecule has 0 saturated heterocycles. The van der Waals surface area contributed by atoms with Crippen LogP contribution >= 0.6 is 18.0 Å². The normalized spacial score (nSPS) is 16.7. The Balaban J connectivity index is 4.95. The molecule has 0 heterocycles. The van der Waals surface area contributed by atoms with Crippen molar-refractivity contribution in [3.63, 3.8) is 0 Å². The zero-order valence-electron chi connectivity index (χ0n) is 8.73. The van der Waals surface area contributed by atoms with Crippen LogP contribution in [0.2, 0.25) is 0 Å². The summed E-state index contributed by atoms with van der Waals surface area (Å²) in [4.78, 5) is 19.5. The fourth-order valence-electron chi connectivity index (χ4n) is 1.47. The van der Waals surface area contributed by atoms with Crippen molar-refractivity contribution in [2.24, 2.45) is 0 Å². The molecule has 0 aliphatic rings. The van der Waals surface area contributed by atoms with Crippen LogP contribution in [0.4, 0.5) is 0 Å². The van der Waals surface area contributed by atoms with Crippen LogP contribution in [-0.4, -0.2) is 33.7 Å². The molecular weight excluding hydrogens is 213 g/mol. The molecule has 6 heteroatoms. The first-order valence-corrected chi connectivity index (χ1v) is 7.10. The Morgan fingerprint density at radius 2 is 1.46 bits per heavy atom. The van der Waals surface area contributed by atoms with Gasteiger partial charge in [0.15, 0.2) is 0 Å². The van der Waals surface area contributed by atoms with Crippen molar-refractivity contribution >= 4 is 18.0 Å². The summed E-state index contributed by atoms with van der Waals surface area (Å²) >= 11 is 5.68. The van der Waals surface area contributed by atoms with Gasteiger partial charge in [0, 0.05) is 0 Å². The maximum absolute atomic E-state index is 9.74. The molecule has 13 heavy (non-hydrogen) atoms. The van der Waals surface area contributed by atoms with Crippen LogP contribution in [0.5, 0.6) is 0 Å². The number of nitrogens with zero attached hydrogens (tertiary/aromatic N) is 1. The zero-order chi connectivity index (χ0) is 10.9. The molecule has 0 spiro atoms. The second-order valence-corrected chi connectivity index (χ2v) is 7.78. The van der Waals surface area contributed by atoms with E-state index in [-0.39, 0.29) is 12.1 Å². The third kappa shape index (κ3) is 3.31. The van der Waals surface area contributed by atoms with Crippen LogP contribution in [0.15, 0.2) is 0 Å². The Kier molecular flexibility index (Phi) is 4.14. The van der Waals surface area contributed by atoms with E-state index in [0.717, 1.165) is 0 Å². The third-order valence-corrected chi connectivity index (χ3v) is 5.03. The summed E-state index contributed by atoms with van der Waals surface area (Å²) in [7, 11) is 1.20. The first-order valence-electron chi connectivity index (χ1n) is 4.19. The summed E-state index contributed by atoms with van der Waals surface area (Å²) in [6, 6.07) is -0.185. The van der Waals surface area contributed by atoms with Crippen LogP contribution in [-0.2, 0) is 4.52 Å². The Hall–Kier alpha value is 0.560. The fourth-order valence-corrected chi connectivity index (χ4v) is 4.26. The summed E-state index contributed by atoms with van der Waals surface area (Å²) < 4.78 is 6.03. The van der Waals surface area contributed by atoms with Crippen LogP contribution in [0, 0.1) is 0 Å². The molecule has 4 nitrogen and oxygen atoms in total. The van der Waals surface area contributed by atoms with E-state index in [4.69, 9.17) is 11.2 Å². The van der Waals surface area contributed by atoms with E-state index in [2.05, 4.69) is 4.52 Å². The van der Waals surface area contributed by atoms with E-state index in [1.807, 2.05) is 27.7 Å². The van der Waals surface area contributed by atoms with E-state index >= 15 is 0 Å². The minimum atomic E-state index is -4.60. The minimum absolute atomic E-state index is 0.0925. The molecule has 0 aliphatic heterocycles. The topological polar surface area (TPSA) is 52.9 Å². The Morgan fingerprint density at radius 3 is 1.54 bits per heavy atom. The van der Waals surface area contributed by atoms with Gasteiger partial charge in [-0.1, -0.05) is 0 Å². The first-order chi connectivity index (χ1) is 5.60. The van der Waals surface area contributed by atoms with Gasteiger partial charge in [0.1, 0.15) is 0 Å². The average molecular weight is 232 g/mol. The van der Waals surface area contributed by atoms with Crippen molar-refractivity contribution < 1.29 is 14.3 Å². The zero-order valence-corrected chi connectivity index (χ0v) is 10.4. The van der Waals surface area contributed by atoms with Crippen molar-refractivity contribution in [3.8, 4) is 0 Å². The molecule has 0 radical (unpaired) electrons. The number of rotatable bonds is 4. The molecule has 0 aromatic heterocycles. The molecule has 0 amide bonds. The van der Waals surface area contributed by atoms with E-state index in [1.54, 1.807) is 0 Å². The molecule has 0 rings (SSSR count).